The molecule has 0 saturated heterocycles. The van der Waals surface area contributed by atoms with Crippen molar-refractivity contribution in [3.63, 3.8) is 0 Å². The fourth-order valence-corrected chi connectivity index (χ4v) is 0. The molecule has 6 nitrogen and oxygen atoms in total. The van der Waals surface area contributed by atoms with Crippen LogP contribution in [0.3, 0.4) is 0 Å². The van der Waals surface area contributed by atoms with Gasteiger partial charge in [0.2, 0.25) is 0 Å². The standard InChI is InChI=1S/Al.2H2O3Si.Y.3H/c;2*1-4(2)3;;;;/h;2*1-2H;;;;. The summed E-state index contributed by atoms with van der Waals surface area (Å²) < 4.78 is 17.5. The van der Waals surface area contributed by atoms with Crippen molar-refractivity contribution in [2.75, 3.05) is 0 Å². The van der Waals surface area contributed by atoms with Gasteiger partial charge >= 0.3 is 18.3 Å². The van der Waals surface area contributed by atoms with E-state index in [4.69, 9.17) is 28.1 Å². The molecule has 0 saturated carbocycles. The molecule has 0 unspecified atom stereocenters. The van der Waals surface area contributed by atoms with Gasteiger partial charge in [-0.05, 0) is 0 Å². The molecule has 0 amide bonds. The van der Waals surface area contributed by atoms with Crippen molar-refractivity contribution in [3.8, 4) is 0 Å². The Hall–Kier alpha value is 0.870. The molecule has 0 aromatic heterocycles. The van der Waals surface area contributed by atoms with Gasteiger partial charge in [-0.2, -0.15) is 0 Å². The molecule has 0 rings (SSSR count). The Kier molecular flexibility index (Phi) is 36.9. The topological polar surface area (TPSA) is 115 Å². The molecule has 0 spiro atoms. The molecule has 4 N–H and O–H groups in total. The van der Waals surface area contributed by atoms with Crippen LogP contribution in [0.1, 0.15) is 0 Å². The molecule has 0 heterocycles. The van der Waals surface area contributed by atoms with Crippen LogP contribution >= 0.6 is 0 Å². The first-order valence-electron chi connectivity index (χ1n) is 1.30. The summed E-state index contributed by atoms with van der Waals surface area (Å²) in [6.45, 7) is 0. The van der Waals surface area contributed by atoms with Crippen LogP contribution in [0.2, 0.25) is 0 Å². The maximum absolute atomic E-state index is 8.74. The van der Waals surface area contributed by atoms with E-state index in [9.17, 15) is 0 Å². The van der Waals surface area contributed by atoms with Crippen LogP contribution in [0.25, 0.3) is 0 Å². The first-order valence-corrected chi connectivity index (χ1v) is 3.91. The summed E-state index contributed by atoms with van der Waals surface area (Å²) in [4.78, 5) is 28.6. The quantitative estimate of drug-likeness (QED) is 0.332. The smallest absolute Gasteiger partial charge is 0.511 e. The molecule has 0 aromatic rings. The Morgan fingerprint density at radius 1 is 0.800 bits per heavy atom. The summed E-state index contributed by atoms with van der Waals surface area (Å²) in [6.07, 6.45) is 0. The van der Waals surface area contributed by atoms with E-state index < -0.39 is 18.3 Å². The third-order valence-electron chi connectivity index (χ3n) is 0. The van der Waals surface area contributed by atoms with Gasteiger partial charge in [0.15, 0.2) is 17.4 Å². The molecular weight excluding hydrogens is 268 g/mol. The largest absolute Gasteiger partial charge is 0.761 e. The molecule has 10 heavy (non-hydrogen) atoms. The minimum absolute atomic E-state index is 0. The van der Waals surface area contributed by atoms with Crippen molar-refractivity contribution in [2.24, 2.45) is 0 Å². The number of hydrogen-bond acceptors (Lipinski definition) is 2. The third kappa shape index (κ3) is 726. The SMILES string of the molecule is O=[Si](O)O.O=[Si](O)O.[AlH3].[Y]. The molecule has 0 atom stereocenters. The monoisotopic (exact) mass is 275 g/mol. The van der Waals surface area contributed by atoms with Gasteiger partial charge in [0, 0.05) is 32.7 Å². The van der Waals surface area contributed by atoms with E-state index >= 15 is 0 Å². The van der Waals surface area contributed by atoms with Crippen LogP contribution in [-0.2, 0) is 41.6 Å². The van der Waals surface area contributed by atoms with Crippen molar-refractivity contribution >= 4 is 35.7 Å². The van der Waals surface area contributed by atoms with E-state index in [0.29, 0.717) is 0 Å². The summed E-state index contributed by atoms with van der Waals surface area (Å²) in [5, 5.41) is 0. The molecule has 0 aliphatic heterocycles. The maximum Gasteiger partial charge on any atom is 0.761 e. The van der Waals surface area contributed by atoms with Gasteiger partial charge in [-0.3, -0.25) is 8.92 Å². The molecule has 57 valence electrons. The van der Waals surface area contributed by atoms with Crippen molar-refractivity contribution < 1.29 is 60.8 Å². The molecule has 1 radical (unpaired) electrons. The molecule has 0 fully saturated rings. The average molecular weight is 275 g/mol. The average Bonchev–Trinajstić information content (AvgIpc) is 1.25. The molecule has 10 heteroatoms. The second-order valence-electron chi connectivity index (χ2n) is 0.565. The summed E-state index contributed by atoms with van der Waals surface area (Å²) >= 11 is 0. The second kappa shape index (κ2) is 16.5. The van der Waals surface area contributed by atoms with Crippen molar-refractivity contribution in [1.29, 1.82) is 0 Å². The molecule has 0 aliphatic rings. The van der Waals surface area contributed by atoms with Crippen molar-refractivity contribution in [1.82, 2.24) is 0 Å². The fourth-order valence-electron chi connectivity index (χ4n) is 0. The van der Waals surface area contributed by atoms with Gasteiger partial charge in [-0.25, -0.2) is 0 Å². The predicted molar refractivity (Wildman–Crippen MR) is 31.7 cm³/mol. The van der Waals surface area contributed by atoms with Gasteiger partial charge in [0.25, 0.3) is 0 Å². The molecule has 0 aliphatic carbocycles. The summed E-state index contributed by atoms with van der Waals surface area (Å²) in [7, 11) is -6.26. The zero-order chi connectivity index (χ0) is 7.15. The van der Waals surface area contributed by atoms with Crippen LogP contribution in [0.15, 0.2) is 0 Å². The molecule has 0 aromatic carbocycles. The molecule has 0 bridgehead atoms. The predicted octanol–water partition coefficient (Wildman–Crippen LogP) is -4.41. The number of hydrogen-bond donors (Lipinski definition) is 4. The Balaban J connectivity index is -0.0000000300. The van der Waals surface area contributed by atoms with E-state index in [0.717, 1.165) is 0 Å². The Bertz CT molecular complexity index is 73.7. The summed E-state index contributed by atoms with van der Waals surface area (Å²) in [6, 6.07) is 0. The minimum Gasteiger partial charge on any atom is -0.511 e. The Morgan fingerprint density at radius 2 is 0.800 bits per heavy atom. The minimum atomic E-state index is -3.13. The molecular formula is H7AlO6Si2Y. The third-order valence-corrected chi connectivity index (χ3v) is 0. The normalized spacial score (nSPS) is 4.80. The van der Waals surface area contributed by atoms with Crippen molar-refractivity contribution in [2.45, 2.75) is 0 Å². The zero-order valence-electron chi connectivity index (χ0n) is 4.18. The van der Waals surface area contributed by atoms with Gasteiger partial charge in [0.1, 0.15) is 0 Å². The maximum atomic E-state index is 8.74. The summed E-state index contributed by atoms with van der Waals surface area (Å²) in [5.74, 6) is 0. The van der Waals surface area contributed by atoms with Crippen molar-refractivity contribution in [3.05, 3.63) is 0 Å². The zero-order valence-corrected chi connectivity index (χ0v) is 9.02. The fraction of sp³-hybridized carbons (Fsp3) is 0. The van der Waals surface area contributed by atoms with Gasteiger partial charge < -0.3 is 19.2 Å². The van der Waals surface area contributed by atoms with Crippen LogP contribution in [0.5, 0.6) is 0 Å². The first kappa shape index (κ1) is 22.4. The van der Waals surface area contributed by atoms with Crippen LogP contribution in [0, 0.1) is 0 Å². The van der Waals surface area contributed by atoms with E-state index in [1.54, 1.807) is 0 Å². The van der Waals surface area contributed by atoms with E-state index in [1.807, 2.05) is 0 Å². The van der Waals surface area contributed by atoms with Crippen LogP contribution < -0.4 is 0 Å². The second-order valence-corrected chi connectivity index (χ2v) is 1.70. The van der Waals surface area contributed by atoms with Gasteiger partial charge in [0.05, 0.1) is 0 Å². The van der Waals surface area contributed by atoms with Crippen LogP contribution in [-0.4, -0.2) is 54.9 Å². The van der Waals surface area contributed by atoms with E-state index in [-0.39, 0.29) is 50.1 Å². The summed E-state index contributed by atoms with van der Waals surface area (Å²) in [5.41, 5.74) is 0. The van der Waals surface area contributed by atoms with Gasteiger partial charge in [-0.1, -0.05) is 0 Å². The van der Waals surface area contributed by atoms with Gasteiger partial charge in [-0.15, -0.1) is 0 Å². The van der Waals surface area contributed by atoms with E-state index in [2.05, 4.69) is 0 Å². The Labute approximate surface area is 95.7 Å². The number of rotatable bonds is 0. The van der Waals surface area contributed by atoms with Crippen LogP contribution in [0.4, 0.5) is 0 Å². The van der Waals surface area contributed by atoms with E-state index in [1.165, 1.54) is 0 Å². The first-order chi connectivity index (χ1) is 3.46. The Morgan fingerprint density at radius 3 is 0.800 bits per heavy atom.